The highest BCUT2D eigenvalue weighted by molar-refractivity contribution is 6.07. The van der Waals surface area contributed by atoms with E-state index in [4.69, 9.17) is 9.72 Å². The van der Waals surface area contributed by atoms with Gasteiger partial charge < -0.3 is 40.3 Å². The predicted octanol–water partition coefficient (Wildman–Crippen LogP) is 3.27. The van der Waals surface area contributed by atoms with E-state index in [-0.39, 0.29) is 73.6 Å². The molecule has 0 bridgehead atoms. The number of hydrogen-bond acceptors (Lipinski definition) is 13. The molecule has 3 aromatic rings. The summed E-state index contributed by atoms with van der Waals surface area (Å²) in [5.74, 6) is -0.137. The minimum Gasteiger partial charge on any atom is -0.379 e. The van der Waals surface area contributed by atoms with Crippen molar-refractivity contribution in [2.45, 2.75) is 95.4 Å². The van der Waals surface area contributed by atoms with E-state index >= 15 is 0 Å². The van der Waals surface area contributed by atoms with Gasteiger partial charge >= 0.3 is 0 Å². The average molecular weight is 878 g/mol. The Labute approximate surface area is 373 Å². The van der Waals surface area contributed by atoms with Gasteiger partial charge in [-0.15, -0.1) is 0 Å². The Balaban J connectivity index is 0.722. The lowest BCUT2D eigenvalue weighted by molar-refractivity contribution is -0.137. The standard InChI is InChI=1S/C46H59N11O7/c1-4-36-45(63)54(3)38-26-47-46(52-41(38)57(36)32-8-5-6-9-32)49-30-14-12-29(13-15-30)42(60)48-31-18-20-55(21-19-31)23-25-64-24-22-53(2)28-40(59)50-35-11-7-10-33-34(35)27-56(44(33)62)37-16-17-39(58)51-43(37)61/h7,10-15,26,31-32,36-37H,4-6,8-9,16-25,27-28H2,1-3H3,(H,48,60)(H,50,59)(H,47,49,52)(H,51,58,61)/t36-,37?/m1/s1. The monoisotopic (exact) mass is 877 g/mol. The fraction of sp³-hybridized carbons (Fsp3) is 0.522. The van der Waals surface area contributed by atoms with Crippen molar-refractivity contribution in [3.05, 3.63) is 65.4 Å². The molecule has 6 amide bonds. The zero-order chi connectivity index (χ0) is 44.9. The van der Waals surface area contributed by atoms with E-state index in [1.165, 1.54) is 4.90 Å². The van der Waals surface area contributed by atoms with E-state index in [2.05, 4.69) is 36.1 Å². The molecule has 1 aromatic heterocycles. The quantitative estimate of drug-likeness (QED) is 0.121. The zero-order valence-electron chi connectivity index (χ0n) is 36.9. The Morgan fingerprint density at radius 1 is 0.969 bits per heavy atom. The fourth-order valence-corrected chi connectivity index (χ4v) is 9.58. The van der Waals surface area contributed by atoms with Gasteiger partial charge in [0, 0.05) is 86.3 Å². The molecule has 2 aromatic carbocycles. The lowest BCUT2D eigenvalue weighted by Crippen LogP contribution is -2.55. The third-order valence-corrected chi connectivity index (χ3v) is 13.2. The van der Waals surface area contributed by atoms with Gasteiger partial charge in [0.2, 0.25) is 29.6 Å². The molecule has 1 unspecified atom stereocenters. The van der Waals surface area contributed by atoms with Gasteiger partial charge in [0.05, 0.1) is 26.0 Å². The van der Waals surface area contributed by atoms with Crippen LogP contribution in [0, 0.1) is 0 Å². The molecule has 5 heterocycles. The number of amides is 6. The highest BCUT2D eigenvalue weighted by Crippen LogP contribution is 2.40. The fourth-order valence-electron chi connectivity index (χ4n) is 9.58. The second-order valence-corrected chi connectivity index (χ2v) is 17.5. The first kappa shape index (κ1) is 44.6. The molecule has 3 fully saturated rings. The van der Waals surface area contributed by atoms with Crippen LogP contribution in [0.25, 0.3) is 0 Å². The van der Waals surface area contributed by atoms with Crippen molar-refractivity contribution in [2.24, 2.45) is 0 Å². The molecule has 5 aliphatic rings. The van der Waals surface area contributed by atoms with Crippen LogP contribution in [0.3, 0.4) is 0 Å². The van der Waals surface area contributed by atoms with E-state index in [1.54, 1.807) is 48.5 Å². The third-order valence-electron chi connectivity index (χ3n) is 13.2. The van der Waals surface area contributed by atoms with Crippen molar-refractivity contribution in [3.63, 3.8) is 0 Å². The Kier molecular flexibility index (Phi) is 13.8. The maximum absolute atomic E-state index is 13.2. The number of rotatable bonds is 16. The third kappa shape index (κ3) is 9.88. The smallest absolute Gasteiger partial charge is 0.255 e. The van der Waals surface area contributed by atoms with Crippen molar-refractivity contribution in [1.29, 1.82) is 0 Å². The van der Waals surface area contributed by atoms with Crippen LogP contribution in [0.5, 0.6) is 0 Å². The van der Waals surface area contributed by atoms with Crippen LogP contribution in [0.4, 0.5) is 28.8 Å². The van der Waals surface area contributed by atoms with Crippen LogP contribution in [-0.4, -0.2) is 144 Å². The van der Waals surface area contributed by atoms with Crippen LogP contribution in [-0.2, 0) is 30.5 Å². The Morgan fingerprint density at radius 3 is 2.47 bits per heavy atom. The van der Waals surface area contributed by atoms with Crippen LogP contribution < -0.4 is 31.1 Å². The van der Waals surface area contributed by atoms with Crippen LogP contribution in [0.1, 0.15) is 91.0 Å². The molecular weight excluding hydrogens is 819 g/mol. The van der Waals surface area contributed by atoms with Crippen LogP contribution in [0.15, 0.2) is 48.7 Å². The van der Waals surface area contributed by atoms with E-state index in [9.17, 15) is 28.8 Å². The SMILES string of the molecule is CC[C@@H]1C(=O)N(C)c2cnc(Nc3ccc(C(=O)NC4CCN(CCOCCN(C)CC(=O)Nc5cccc6c5CN(C5CCC(=O)NC5=O)C6=O)CC4)cc3)nc2N1C1CCCC1. The van der Waals surface area contributed by atoms with Gasteiger partial charge in [-0.2, -0.15) is 4.98 Å². The Hall–Kier alpha value is -5.98. The first-order chi connectivity index (χ1) is 31.0. The number of carbonyl (C=O) groups excluding carboxylic acids is 6. The van der Waals surface area contributed by atoms with Gasteiger partial charge in [-0.3, -0.25) is 39.0 Å². The molecule has 1 saturated carbocycles. The highest BCUT2D eigenvalue weighted by atomic mass is 16.5. The number of fused-ring (bicyclic) bond motifs is 2. The molecule has 2 atom stereocenters. The topological polar surface area (TPSA) is 202 Å². The first-order valence-corrected chi connectivity index (χ1v) is 22.6. The number of likely N-dealkylation sites (N-methyl/N-ethyl adjacent to an activating group) is 2. The summed E-state index contributed by atoms with van der Waals surface area (Å²) in [5.41, 5.74) is 3.69. The summed E-state index contributed by atoms with van der Waals surface area (Å²) < 4.78 is 5.92. The minimum atomic E-state index is -0.724. The second kappa shape index (κ2) is 19.8. The number of hydrogen-bond donors (Lipinski definition) is 4. The van der Waals surface area contributed by atoms with Gasteiger partial charge in [-0.1, -0.05) is 25.8 Å². The van der Waals surface area contributed by atoms with E-state index in [1.807, 2.05) is 31.0 Å². The Morgan fingerprint density at radius 2 is 1.73 bits per heavy atom. The van der Waals surface area contributed by atoms with Crippen molar-refractivity contribution in [3.8, 4) is 0 Å². The molecule has 0 radical (unpaired) electrons. The van der Waals surface area contributed by atoms with Gasteiger partial charge in [-0.25, -0.2) is 4.98 Å². The number of nitrogens with zero attached hydrogens (tertiary/aromatic N) is 7. The number of carbonyl (C=O) groups is 6. The summed E-state index contributed by atoms with van der Waals surface area (Å²) in [7, 11) is 3.64. The normalized spacial score (nSPS) is 20.7. The van der Waals surface area contributed by atoms with Gasteiger partial charge in [-0.05, 0) is 82.0 Å². The molecule has 340 valence electrons. The molecule has 18 nitrogen and oxygen atoms in total. The number of imide groups is 1. The molecular formula is C46H59N11O7. The molecule has 8 rings (SSSR count). The molecule has 0 spiro atoms. The molecule has 4 N–H and O–H groups in total. The number of nitrogens with one attached hydrogen (secondary N) is 4. The number of benzene rings is 2. The lowest BCUT2D eigenvalue weighted by atomic mass is 10.0. The van der Waals surface area contributed by atoms with Crippen molar-refractivity contribution < 1.29 is 33.5 Å². The first-order valence-electron chi connectivity index (χ1n) is 22.6. The molecule has 2 saturated heterocycles. The van der Waals surface area contributed by atoms with Gasteiger partial charge in [0.15, 0.2) is 5.82 Å². The maximum Gasteiger partial charge on any atom is 0.255 e. The molecule has 1 aliphatic carbocycles. The summed E-state index contributed by atoms with van der Waals surface area (Å²) >= 11 is 0. The molecule has 64 heavy (non-hydrogen) atoms. The number of aromatic nitrogens is 2. The van der Waals surface area contributed by atoms with E-state index < -0.39 is 11.9 Å². The zero-order valence-corrected chi connectivity index (χ0v) is 36.9. The number of ether oxygens (including phenoxy) is 1. The van der Waals surface area contributed by atoms with Gasteiger partial charge in [0.25, 0.3) is 11.8 Å². The summed E-state index contributed by atoms with van der Waals surface area (Å²) in [6, 6.07) is 11.8. The minimum absolute atomic E-state index is 0.0765. The average Bonchev–Trinajstić information content (AvgIpc) is 3.94. The summed E-state index contributed by atoms with van der Waals surface area (Å²) in [6.45, 7) is 6.38. The summed E-state index contributed by atoms with van der Waals surface area (Å²) in [6.07, 6.45) is 8.95. The number of anilines is 5. The van der Waals surface area contributed by atoms with Gasteiger partial charge in [0.1, 0.15) is 17.8 Å². The molecule has 18 heteroatoms. The number of likely N-dealkylation sites (tertiary alicyclic amines) is 1. The van der Waals surface area contributed by atoms with Crippen molar-refractivity contribution >= 4 is 64.3 Å². The second-order valence-electron chi connectivity index (χ2n) is 17.5. The Bertz CT molecular complexity index is 2240. The maximum atomic E-state index is 13.2. The summed E-state index contributed by atoms with van der Waals surface area (Å²) in [5, 5.41) is 11.7. The largest absolute Gasteiger partial charge is 0.379 e. The highest BCUT2D eigenvalue weighted by Gasteiger charge is 2.42. The lowest BCUT2D eigenvalue weighted by Gasteiger charge is -2.43. The van der Waals surface area contributed by atoms with Crippen molar-refractivity contribution in [2.75, 3.05) is 80.5 Å². The van der Waals surface area contributed by atoms with E-state index in [0.717, 1.165) is 75.4 Å². The summed E-state index contributed by atoms with van der Waals surface area (Å²) in [4.78, 5) is 95.6. The van der Waals surface area contributed by atoms with E-state index in [0.29, 0.717) is 54.5 Å². The van der Waals surface area contributed by atoms with Crippen molar-refractivity contribution in [1.82, 2.24) is 35.3 Å². The predicted molar refractivity (Wildman–Crippen MR) is 240 cm³/mol. The van der Waals surface area contributed by atoms with Crippen LogP contribution >= 0.6 is 0 Å². The molecule has 4 aliphatic heterocycles. The number of piperidine rings is 2. The van der Waals surface area contributed by atoms with Crippen LogP contribution in [0.2, 0.25) is 0 Å².